The van der Waals surface area contributed by atoms with Gasteiger partial charge >= 0.3 is 5.97 Å². The summed E-state index contributed by atoms with van der Waals surface area (Å²) in [7, 11) is 0. The number of hydrogen-bond acceptors (Lipinski definition) is 4. The number of benzene rings is 1. The number of aromatic carboxylic acids is 1. The van der Waals surface area contributed by atoms with E-state index in [-0.39, 0.29) is 12.0 Å². The van der Waals surface area contributed by atoms with E-state index in [1.54, 1.807) is 0 Å². The highest BCUT2D eigenvalue weighted by Crippen LogP contribution is 2.32. The molecular formula is C19H24F4O5. The third-order valence-corrected chi connectivity index (χ3v) is 4.84. The maximum absolute atomic E-state index is 13.7. The fourth-order valence-electron chi connectivity index (χ4n) is 2.83. The average Bonchev–Trinajstić information content (AvgIpc) is 2.62. The van der Waals surface area contributed by atoms with E-state index in [1.165, 1.54) is 0 Å². The summed E-state index contributed by atoms with van der Waals surface area (Å²) in [5.41, 5.74) is -1.54. The number of hydrogen-bond donors (Lipinski definition) is 1. The molecule has 28 heavy (non-hydrogen) atoms. The van der Waals surface area contributed by atoms with Crippen LogP contribution < -0.4 is 4.74 Å². The first-order chi connectivity index (χ1) is 13.3. The number of unbranched alkanes of at least 4 members (excludes halogenated alkanes) is 3. The van der Waals surface area contributed by atoms with E-state index in [4.69, 9.17) is 19.3 Å². The molecule has 0 radical (unpaired) electrons. The van der Waals surface area contributed by atoms with Crippen molar-refractivity contribution in [3.05, 3.63) is 28.8 Å². The molecule has 1 saturated heterocycles. The lowest BCUT2D eigenvalue weighted by atomic mass is 9.84. The van der Waals surface area contributed by atoms with E-state index < -0.39 is 40.6 Å². The lowest BCUT2D eigenvalue weighted by Crippen LogP contribution is -2.45. The van der Waals surface area contributed by atoms with E-state index >= 15 is 0 Å². The van der Waals surface area contributed by atoms with Crippen molar-refractivity contribution in [2.45, 2.75) is 39.0 Å². The highest BCUT2D eigenvalue weighted by Gasteiger charge is 2.36. The fraction of sp³-hybridized carbons (Fsp3) is 0.632. The molecule has 9 heteroatoms. The van der Waals surface area contributed by atoms with Crippen LogP contribution in [0.25, 0.3) is 0 Å². The van der Waals surface area contributed by atoms with Gasteiger partial charge in [-0.05, 0) is 25.7 Å². The van der Waals surface area contributed by atoms with Crippen LogP contribution in [0.5, 0.6) is 5.75 Å². The van der Waals surface area contributed by atoms with Crippen LogP contribution in [-0.4, -0.2) is 44.1 Å². The van der Waals surface area contributed by atoms with Gasteiger partial charge in [0.25, 0.3) is 0 Å². The standard InChI is InChI=1S/C19H24F4O5/c1-2-19(10-27-11-19)9-26-7-5-3-4-6-8-28-17-15(22)13(20)12(18(24)25)14(21)16(17)23/h2-11H2,1H3,(H,24,25). The molecule has 0 bridgehead atoms. The van der Waals surface area contributed by atoms with Crippen LogP contribution in [-0.2, 0) is 9.47 Å². The maximum atomic E-state index is 13.7. The first-order valence-electron chi connectivity index (χ1n) is 9.20. The van der Waals surface area contributed by atoms with Gasteiger partial charge < -0.3 is 19.3 Å². The highest BCUT2D eigenvalue weighted by molar-refractivity contribution is 5.88. The van der Waals surface area contributed by atoms with Crippen molar-refractivity contribution in [1.82, 2.24) is 0 Å². The maximum Gasteiger partial charge on any atom is 0.341 e. The Morgan fingerprint density at radius 3 is 2.04 bits per heavy atom. The van der Waals surface area contributed by atoms with Crippen molar-refractivity contribution >= 4 is 5.97 Å². The van der Waals surface area contributed by atoms with Crippen LogP contribution in [0.4, 0.5) is 17.6 Å². The first kappa shape index (κ1) is 22.4. The topological polar surface area (TPSA) is 65.0 Å². The summed E-state index contributed by atoms with van der Waals surface area (Å²) >= 11 is 0. The highest BCUT2D eigenvalue weighted by atomic mass is 19.2. The van der Waals surface area contributed by atoms with Crippen LogP contribution >= 0.6 is 0 Å². The summed E-state index contributed by atoms with van der Waals surface area (Å²) in [4.78, 5) is 10.7. The Hall–Kier alpha value is -1.87. The Labute approximate surface area is 160 Å². The molecule has 0 aromatic heterocycles. The van der Waals surface area contributed by atoms with Gasteiger partial charge in [0.2, 0.25) is 11.6 Å². The van der Waals surface area contributed by atoms with Crippen LogP contribution in [0.15, 0.2) is 0 Å². The average molecular weight is 408 g/mol. The smallest absolute Gasteiger partial charge is 0.341 e. The van der Waals surface area contributed by atoms with E-state index in [9.17, 15) is 22.4 Å². The molecule has 1 aromatic carbocycles. The van der Waals surface area contributed by atoms with Gasteiger partial charge in [0.05, 0.1) is 26.4 Å². The molecule has 5 nitrogen and oxygen atoms in total. The molecule has 0 amide bonds. The van der Waals surface area contributed by atoms with Crippen molar-refractivity contribution in [2.75, 3.05) is 33.0 Å². The minimum Gasteiger partial charge on any atom is -0.487 e. The molecule has 0 spiro atoms. The monoisotopic (exact) mass is 408 g/mol. The quantitative estimate of drug-likeness (QED) is 0.317. The molecule has 1 N–H and O–H groups in total. The van der Waals surface area contributed by atoms with E-state index in [1.807, 2.05) is 0 Å². The van der Waals surface area contributed by atoms with Crippen LogP contribution in [0.1, 0.15) is 49.4 Å². The largest absolute Gasteiger partial charge is 0.487 e. The van der Waals surface area contributed by atoms with Crippen molar-refractivity contribution in [2.24, 2.45) is 5.41 Å². The molecule has 0 unspecified atom stereocenters. The third-order valence-electron chi connectivity index (χ3n) is 4.84. The van der Waals surface area contributed by atoms with Gasteiger partial charge in [-0.25, -0.2) is 13.6 Å². The van der Waals surface area contributed by atoms with Crippen molar-refractivity contribution in [3.8, 4) is 5.75 Å². The molecule has 1 heterocycles. The number of halogens is 4. The SMILES string of the molecule is CCC1(COCCCCCCOc2c(F)c(F)c(C(=O)O)c(F)c2F)COC1. The number of carboxylic acid groups (broad SMARTS) is 1. The van der Waals surface area contributed by atoms with Gasteiger partial charge in [-0.2, -0.15) is 8.78 Å². The van der Waals surface area contributed by atoms with Gasteiger partial charge in [0.1, 0.15) is 5.56 Å². The molecule has 0 atom stereocenters. The summed E-state index contributed by atoms with van der Waals surface area (Å²) in [6.07, 6.45) is 3.69. The number of ether oxygens (including phenoxy) is 3. The Morgan fingerprint density at radius 1 is 1.00 bits per heavy atom. The molecule has 2 rings (SSSR count). The Morgan fingerprint density at radius 2 is 1.57 bits per heavy atom. The summed E-state index contributed by atoms with van der Waals surface area (Å²) in [6, 6.07) is 0. The van der Waals surface area contributed by atoms with E-state index in [0.717, 1.165) is 32.5 Å². The Balaban J connectivity index is 1.68. The molecule has 1 aromatic rings. The summed E-state index contributed by atoms with van der Waals surface area (Å²) in [5, 5.41) is 8.63. The van der Waals surface area contributed by atoms with E-state index in [2.05, 4.69) is 6.92 Å². The number of carbonyl (C=O) groups is 1. The van der Waals surface area contributed by atoms with Crippen LogP contribution in [0, 0.1) is 28.7 Å². The lowest BCUT2D eigenvalue weighted by molar-refractivity contribution is -0.150. The van der Waals surface area contributed by atoms with Gasteiger partial charge in [-0.3, -0.25) is 0 Å². The van der Waals surface area contributed by atoms with Crippen molar-refractivity contribution in [3.63, 3.8) is 0 Å². The molecule has 158 valence electrons. The van der Waals surface area contributed by atoms with Crippen molar-refractivity contribution < 1.29 is 41.7 Å². The number of rotatable bonds is 12. The number of carboxylic acids is 1. The zero-order valence-electron chi connectivity index (χ0n) is 15.7. The third kappa shape index (κ3) is 5.14. The predicted octanol–water partition coefficient (Wildman–Crippen LogP) is 4.32. The summed E-state index contributed by atoms with van der Waals surface area (Å²) in [5.74, 6) is -11.0. The lowest BCUT2D eigenvalue weighted by Gasteiger charge is -2.40. The van der Waals surface area contributed by atoms with Gasteiger partial charge in [-0.15, -0.1) is 0 Å². The van der Waals surface area contributed by atoms with Gasteiger partial charge in [0.15, 0.2) is 17.4 Å². The fourth-order valence-corrected chi connectivity index (χ4v) is 2.83. The van der Waals surface area contributed by atoms with Crippen LogP contribution in [0.3, 0.4) is 0 Å². The first-order valence-corrected chi connectivity index (χ1v) is 9.20. The summed E-state index contributed by atoms with van der Waals surface area (Å²) in [6.45, 7) is 4.65. The molecule has 0 saturated carbocycles. The molecule has 1 aliphatic rings. The zero-order valence-corrected chi connectivity index (χ0v) is 15.7. The van der Waals surface area contributed by atoms with Gasteiger partial charge in [0, 0.05) is 12.0 Å². The van der Waals surface area contributed by atoms with Crippen LogP contribution in [0.2, 0.25) is 0 Å². The minimum atomic E-state index is -2.10. The predicted molar refractivity (Wildman–Crippen MR) is 91.6 cm³/mol. The Kier molecular flexibility index (Phi) is 8.06. The molecule has 0 aliphatic carbocycles. The minimum absolute atomic E-state index is 0.142. The normalized spacial score (nSPS) is 15.3. The molecular weight excluding hydrogens is 384 g/mol. The second-order valence-corrected chi connectivity index (χ2v) is 6.93. The molecule has 1 aliphatic heterocycles. The second kappa shape index (κ2) is 10.1. The van der Waals surface area contributed by atoms with Gasteiger partial charge in [-0.1, -0.05) is 13.3 Å². The molecule has 1 fully saturated rings. The Bertz CT molecular complexity index is 657. The van der Waals surface area contributed by atoms with E-state index in [0.29, 0.717) is 26.1 Å². The zero-order chi connectivity index (χ0) is 20.7. The second-order valence-electron chi connectivity index (χ2n) is 6.93. The van der Waals surface area contributed by atoms with Crippen molar-refractivity contribution in [1.29, 1.82) is 0 Å². The summed E-state index contributed by atoms with van der Waals surface area (Å²) < 4.78 is 70.3.